The van der Waals surface area contributed by atoms with Gasteiger partial charge in [0.2, 0.25) is 15.9 Å². The Morgan fingerprint density at radius 2 is 1.79 bits per heavy atom. The molecule has 7 heteroatoms. The SMILES string of the molecule is C.C.C.CCNC(=O)C1CN(C)CCN1S(C)(=O)=O. The number of rotatable bonds is 3. The first-order valence-corrected chi connectivity index (χ1v) is 7.14. The van der Waals surface area contributed by atoms with Gasteiger partial charge in [0.1, 0.15) is 6.04 Å². The van der Waals surface area contributed by atoms with E-state index in [9.17, 15) is 13.2 Å². The standard InChI is InChI=1S/C9H19N3O3S.3CH4/c1-4-10-9(13)8-7-11(2)5-6-12(8)16(3,14)15;;;/h8H,4-7H2,1-3H3,(H,10,13);3*1H4. The van der Waals surface area contributed by atoms with E-state index in [1.165, 1.54) is 4.31 Å². The van der Waals surface area contributed by atoms with E-state index in [-0.39, 0.29) is 28.2 Å². The summed E-state index contributed by atoms with van der Waals surface area (Å²) in [6.07, 6.45) is 1.14. The summed E-state index contributed by atoms with van der Waals surface area (Å²) in [5.41, 5.74) is 0. The number of carbonyl (C=O) groups is 1. The van der Waals surface area contributed by atoms with Gasteiger partial charge in [0.25, 0.3) is 0 Å². The van der Waals surface area contributed by atoms with Crippen molar-refractivity contribution in [3.63, 3.8) is 0 Å². The first-order chi connectivity index (χ1) is 7.36. The van der Waals surface area contributed by atoms with Crippen LogP contribution in [0.2, 0.25) is 0 Å². The summed E-state index contributed by atoms with van der Waals surface area (Å²) in [5, 5.41) is 2.67. The number of sulfonamides is 1. The van der Waals surface area contributed by atoms with Crippen LogP contribution in [-0.2, 0) is 14.8 Å². The molecule has 19 heavy (non-hydrogen) atoms. The van der Waals surface area contributed by atoms with E-state index in [0.29, 0.717) is 26.2 Å². The second-order valence-electron chi connectivity index (χ2n) is 4.05. The summed E-state index contributed by atoms with van der Waals surface area (Å²) in [6, 6.07) is -0.603. The Kier molecular flexibility index (Phi) is 11.4. The lowest BCUT2D eigenvalue weighted by Crippen LogP contribution is -2.59. The van der Waals surface area contributed by atoms with Crippen molar-refractivity contribution in [3.05, 3.63) is 0 Å². The highest BCUT2D eigenvalue weighted by atomic mass is 32.2. The van der Waals surface area contributed by atoms with Crippen LogP contribution in [0.5, 0.6) is 0 Å². The zero-order valence-corrected chi connectivity index (χ0v) is 10.7. The maximum atomic E-state index is 11.8. The van der Waals surface area contributed by atoms with E-state index in [1.807, 2.05) is 18.9 Å². The summed E-state index contributed by atoms with van der Waals surface area (Å²) in [7, 11) is -1.44. The predicted molar refractivity (Wildman–Crippen MR) is 81.7 cm³/mol. The number of nitrogens with zero attached hydrogens (tertiary/aromatic N) is 2. The number of hydrogen-bond donors (Lipinski definition) is 1. The van der Waals surface area contributed by atoms with Crippen LogP contribution in [-0.4, -0.2) is 69.1 Å². The number of piperazine rings is 1. The van der Waals surface area contributed by atoms with Crippen molar-refractivity contribution in [2.45, 2.75) is 35.2 Å². The minimum atomic E-state index is -3.32. The fourth-order valence-corrected chi connectivity index (χ4v) is 2.84. The molecular formula is C12H31N3O3S. The molecule has 1 fully saturated rings. The molecule has 0 aliphatic carbocycles. The molecule has 0 aromatic heterocycles. The monoisotopic (exact) mass is 297 g/mol. The number of nitrogens with one attached hydrogen (secondary N) is 1. The van der Waals surface area contributed by atoms with Gasteiger partial charge in [0.15, 0.2) is 0 Å². The molecule has 0 aromatic carbocycles. The number of amides is 1. The molecule has 1 amide bonds. The van der Waals surface area contributed by atoms with Gasteiger partial charge in [-0.05, 0) is 14.0 Å². The van der Waals surface area contributed by atoms with Crippen molar-refractivity contribution < 1.29 is 13.2 Å². The van der Waals surface area contributed by atoms with Crippen LogP contribution in [0, 0.1) is 0 Å². The third kappa shape index (κ3) is 6.35. The quantitative estimate of drug-likeness (QED) is 0.828. The Labute approximate surface area is 119 Å². The van der Waals surface area contributed by atoms with E-state index >= 15 is 0 Å². The molecule has 6 nitrogen and oxygen atoms in total. The second kappa shape index (κ2) is 9.28. The fraction of sp³-hybridized carbons (Fsp3) is 0.917. The highest BCUT2D eigenvalue weighted by Gasteiger charge is 2.35. The highest BCUT2D eigenvalue weighted by molar-refractivity contribution is 7.88. The van der Waals surface area contributed by atoms with Crippen molar-refractivity contribution in [2.75, 3.05) is 39.5 Å². The van der Waals surface area contributed by atoms with E-state index in [0.717, 1.165) is 6.26 Å². The van der Waals surface area contributed by atoms with Gasteiger partial charge in [0.05, 0.1) is 6.26 Å². The zero-order chi connectivity index (χ0) is 12.3. The molecule has 1 atom stereocenters. The van der Waals surface area contributed by atoms with Crippen LogP contribution in [0.4, 0.5) is 0 Å². The first-order valence-electron chi connectivity index (χ1n) is 5.29. The highest BCUT2D eigenvalue weighted by Crippen LogP contribution is 2.12. The molecular weight excluding hydrogens is 266 g/mol. The Bertz CT molecular complexity index is 357. The van der Waals surface area contributed by atoms with Crippen LogP contribution in [0.3, 0.4) is 0 Å². The van der Waals surface area contributed by atoms with Crippen molar-refractivity contribution in [1.29, 1.82) is 0 Å². The minimum absolute atomic E-state index is 0. The number of carbonyl (C=O) groups excluding carboxylic acids is 1. The van der Waals surface area contributed by atoms with Crippen molar-refractivity contribution in [3.8, 4) is 0 Å². The van der Waals surface area contributed by atoms with E-state index in [4.69, 9.17) is 0 Å². The molecule has 1 rings (SSSR count). The Morgan fingerprint density at radius 1 is 1.26 bits per heavy atom. The second-order valence-corrected chi connectivity index (χ2v) is 5.98. The van der Waals surface area contributed by atoms with Gasteiger partial charge in [0, 0.05) is 26.2 Å². The van der Waals surface area contributed by atoms with E-state index < -0.39 is 16.1 Å². The molecule has 0 radical (unpaired) electrons. The Balaban J connectivity index is -0.000000853. The van der Waals surface area contributed by atoms with Gasteiger partial charge >= 0.3 is 0 Å². The summed E-state index contributed by atoms with van der Waals surface area (Å²) in [5.74, 6) is -0.223. The molecule has 1 N–H and O–H groups in total. The van der Waals surface area contributed by atoms with Crippen molar-refractivity contribution >= 4 is 15.9 Å². The smallest absolute Gasteiger partial charge is 0.239 e. The van der Waals surface area contributed by atoms with Crippen LogP contribution in [0.1, 0.15) is 29.2 Å². The molecule has 0 spiro atoms. The summed E-state index contributed by atoms with van der Waals surface area (Å²) >= 11 is 0. The molecule has 0 aromatic rings. The number of likely N-dealkylation sites (N-methyl/N-ethyl adjacent to an activating group) is 2. The number of hydrogen-bond acceptors (Lipinski definition) is 4. The van der Waals surface area contributed by atoms with E-state index in [1.54, 1.807) is 0 Å². The summed E-state index contributed by atoms with van der Waals surface area (Å²) in [6.45, 7) is 3.80. The van der Waals surface area contributed by atoms with Crippen LogP contribution < -0.4 is 5.32 Å². The summed E-state index contributed by atoms with van der Waals surface area (Å²) in [4.78, 5) is 13.7. The predicted octanol–water partition coefficient (Wildman–Crippen LogP) is 0.606. The van der Waals surface area contributed by atoms with Gasteiger partial charge in [-0.3, -0.25) is 4.79 Å². The summed E-state index contributed by atoms with van der Waals surface area (Å²) < 4.78 is 24.4. The molecule has 0 saturated carbocycles. The average molecular weight is 297 g/mol. The fourth-order valence-electron chi connectivity index (χ4n) is 1.81. The lowest BCUT2D eigenvalue weighted by molar-refractivity contribution is -0.126. The third-order valence-corrected chi connectivity index (χ3v) is 3.90. The molecule has 118 valence electrons. The van der Waals surface area contributed by atoms with Gasteiger partial charge in [-0.1, -0.05) is 22.3 Å². The lowest BCUT2D eigenvalue weighted by atomic mass is 10.2. The van der Waals surface area contributed by atoms with Gasteiger partial charge in [-0.25, -0.2) is 8.42 Å². The Hall–Kier alpha value is -0.660. The minimum Gasteiger partial charge on any atom is -0.355 e. The van der Waals surface area contributed by atoms with Gasteiger partial charge in [-0.15, -0.1) is 0 Å². The lowest BCUT2D eigenvalue weighted by Gasteiger charge is -2.37. The molecule has 1 heterocycles. The Morgan fingerprint density at radius 3 is 2.21 bits per heavy atom. The normalized spacial score (nSPS) is 20.5. The molecule has 1 aliphatic rings. The van der Waals surface area contributed by atoms with E-state index in [2.05, 4.69) is 5.32 Å². The van der Waals surface area contributed by atoms with Crippen molar-refractivity contribution in [1.82, 2.24) is 14.5 Å². The van der Waals surface area contributed by atoms with Crippen LogP contribution in [0.25, 0.3) is 0 Å². The van der Waals surface area contributed by atoms with Gasteiger partial charge in [-0.2, -0.15) is 4.31 Å². The molecule has 0 bridgehead atoms. The largest absolute Gasteiger partial charge is 0.355 e. The zero-order valence-electron chi connectivity index (χ0n) is 9.93. The third-order valence-electron chi connectivity index (χ3n) is 2.61. The van der Waals surface area contributed by atoms with Crippen LogP contribution >= 0.6 is 0 Å². The van der Waals surface area contributed by atoms with Crippen molar-refractivity contribution in [2.24, 2.45) is 0 Å². The molecule has 1 aliphatic heterocycles. The molecule has 1 unspecified atom stereocenters. The maximum Gasteiger partial charge on any atom is 0.239 e. The average Bonchev–Trinajstić information content (AvgIpc) is 2.16. The first kappa shape index (κ1) is 23.4. The van der Waals surface area contributed by atoms with Gasteiger partial charge < -0.3 is 10.2 Å². The topological polar surface area (TPSA) is 69.7 Å². The molecule has 1 saturated heterocycles. The van der Waals surface area contributed by atoms with Crippen LogP contribution in [0.15, 0.2) is 0 Å². The maximum absolute atomic E-state index is 11.8.